The Morgan fingerprint density at radius 1 is 0.867 bits per heavy atom. The molecule has 0 aromatic carbocycles. The summed E-state index contributed by atoms with van der Waals surface area (Å²) in [5, 5.41) is 0. The van der Waals surface area contributed by atoms with Gasteiger partial charge in [-0.3, -0.25) is 0 Å². The molecule has 0 aromatic rings. The maximum absolute atomic E-state index is 5.60. The zero-order valence-corrected chi connectivity index (χ0v) is 12.8. The van der Waals surface area contributed by atoms with Crippen LogP contribution in [-0.2, 0) is 17.1 Å². The first-order chi connectivity index (χ1) is 5.79. The number of alkyl halides is 1. The Balaban J connectivity index is -0.000000165. The molecule has 2 unspecified atom stereocenters. The van der Waals surface area contributed by atoms with E-state index in [4.69, 9.17) is 5.73 Å². The Labute approximate surface area is 116 Å². The Morgan fingerprint density at radius 2 is 1.27 bits per heavy atom. The molecule has 2 N–H and O–H groups in total. The fourth-order valence-corrected chi connectivity index (χ4v) is 2.59. The summed E-state index contributed by atoms with van der Waals surface area (Å²) in [7, 11) is 0. The predicted octanol–water partition coefficient (Wildman–Crippen LogP) is 4.11. The third-order valence-electron chi connectivity index (χ3n) is 2.66. The normalized spacial score (nSPS) is 27.6. The van der Waals surface area contributed by atoms with Crippen LogP contribution in [0.3, 0.4) is 0 Å². The van der Waals surface area contributed by atoms with Gasteiger partial charge in [0.1, 0.15) is 0 Å². The molecule has 2 saturated carbocycles. The monoisotopic (exact) mass is 319 g/mol. The van der Waals surface area contributed by atoms with Crippen molar-refractivity contribution in [1.82, 2.24) is 0 Å². The number of rotatable bonds is 0. The molecule has 2 rings (SSSR count). The second kappa shape index (κ2) is 13.0. The SMILES string of the molecule is C1CCCC1.NC1CCC(Br)C1.[CH3-].[CH3-].[Fe+2]. The molecule has 0 amide bonds. The van der Waals surface area contributed by atoms with Crippen LogP contribution in [0.2, 0.25) is 0 Å². The van der Waals surface area contributed by atoms with Gasteiger partial charge in [0, 0.05) is 10.9 Å². The van der Waals surface area contributed by atoms with Gasteiger partial charge in [0.25, 0.3) is 0 Å². The zero-order valence-electron chi connectivity index (χ0n) is 10.1. The molecule has 3 heteroatoms. The van der Waals surface area contributed by atoms with Gasteiger partial charge in [0.2, 0.25) is 0 Å². The standard InChI is InChI=1S/C5H10BrN.C5H10.2CH3.Fe/c6-4-1-2-5(7)3-4;1-2-4-5-3-1;;;/h4-5H,1-3,7H2;1-5H2;2*1H3;/q;;2*-1;+2. The van der Waals surface area contributed by atoms with Crippen LogP contribution in [0, 0.1) is 14.9 Å². The van der Waals surface area contributed by atoms with E-state index in [2.05, 4.69) is 15.9 Å². The van der Waals surface area contributed by atoms with Crippen molar-refractivity contribution in [3.8, 4) is 0 Å². The molecular weight excluding hydrogens is 294 g/mol. The molecular formula is C12H26BrFeN. The van der Waals surface area contributed by atoms with Gasteiger partial charge >= 0.3 is 17.1 Å². The topological polar surface area (TPSA) is 26.0 Å². The summed E-state index contributed by atoms with van der Waals surface area (Å²) < 4.78 is 0. The smallest absolute Gasteiger partial charge is 0.358 e. The van der Waals surface area contributed by atoms with Crippen molar-refractivity contribution in [2.75, 3.05) is 0 Å². The van der Waals surface area contributed by atoms with E-state index in [9.17, 15) is 0 Å². The van der Waals surface area contributed by atoms with Crippen LogP contribution in [-0.4, -0.2) is 10.9 Å². The van der Waals surface area contributed by atoms with Gasteiger partial charge in [-0.1, -0.05) is 48.0 Å². The summed E-state index contributed by atoms with van der Waals surface area (Å²) >= 11 is 3.50. The third kappa shape index (κ3) is 11.2. The van der Waals surface area contributed by atoms with E-state index >= 15 is 0 Å². The molecule has 94 valence electrons. The second-order valence-corrected chi connectivity index (χ2v) is 5.23. The number of hydrogen-bond acceptors (Lipinski definition) is 1. The van der Waals surface area contributed by atoms with Gasteiger partial charge in [-0.2, -0.15) is 0 Å². The Hall–Kier alpha value is 0.959. The molecule has 2 aliphatic carbocycles. The summed E-state index contributed by atoms with van der Waals surface area (Å²) in [5.74, 6) is 0. The van der Waals surface area contributed by atoms with E-state index in [0.29, 0.717) is 10.9 Å². The van der Waals surface area contributed by atoms with Gasteiger partial charge in [-0.15, -0.1) is 0 Å². The second-order valence-electron chi connectivity index (χ2n) is 3.94. The van der Waals surface area contributed by atoms with Crippen molar-refractivity contribution in [2.24, 2.45) is 5.73 Å². The third-order valence-corrected chi connectivity index (χ3v) is 3.49. The summed E-state index contributed by atoms with van der Waals surface area (Å²) in [6.45, 7) is 0. The first-order valence-electron chi connectivity index (χ1n) is 5.18. The molecule has 0 saturated heterocycles. The first kappa shape index (κ1) is 21.3. The van der Waals surface area contributed by atoms with Crippen LogP contribution in [0.5, 0.6) is 0 Å². The van der Waals surface area contributed by atoms with E-state index in [0.717, 1.165) is 0 Å². The van der Waals surface area contributed by atoms with Crippen LogP contribution in [0.15, 0.2) is 0 Å². The molecule has 2 fully saturated rings. The molecule has 2 atom stereocenters. The number of hydrogen-bond donors (Lipinski definition) is 1. The minimum Gasteiger partial charge on any atom is -0.358 e. The maximum atomic E-state index is 5.60. The van der Waals surface area contributed by atoms with Crippen LogP contribution in [0.25, 0.3) is 0 Å². The molecule has 0 heterocycles. The molecule has 0 aliphatic heterocycles. The quantitative estimate of drug-likeness (QED) is 0.406. The van der Waals surface area contributed by atoms with E-state index in [1.807, 2.05) is 0 Å². The fourth-order valence-electron chi connectivity index (χ4n) is 1.84. The van der Waals surface area contributed by atoms with Crippen LogP contribution in [0.4, 0.5) is 0 Å². The molecule has 0 aromatic heterocycles. The van der Waals surface area contributed by atoms with E-state index in [1.165, 1.54) is 51.4 Å². The fraction of sp³-hybridized carbons (Fsp3) is 0.833. The van der Waals surface area contributed by atoms with Crippen molar-refractivity contribution in [3.05, 3.63) is 14.9 Å². The van der Waals surface area contributed by atoms with E-state index in [1.54, 1.807) is 0 Å². The minimum atomic E-state index is 0. The summed E-state index contributed by atoms with van der Waals surface area (Å²) in [6.07, 6.45) is 11.1. The van der Waals surface area contributed by atoms with Crippen molar-refractivity contribution in [3.63, 3.8) is 0 Å². The Morgan fingerprint density at radius 3 is 1.40 bits per heavy atom. The summed E-state index contributed by atoms with van der Waals surface area (Å²) in [5.41, 5.74) is 5.60. The minimum absolute atomic E-state index is 0. The van der Waals surface area contributed by atoms with Crippen molar-refractivity contribution in [2.45, 2.75) is 62.2 Å². The summed E-state index contributed by atoms with van der Waals surface area (Å²) in [4.78, 5) is 0.711. The van der Waals surface area contributed by atoms with Gasteiger partial charge in [0.15, 0.2) is 0 Å². The Kier molecular flexibility index (Phi) is 18.5. The molecule has 2 aliphatic rings. The average molecular weight is 320 g/mol. The van der Waals surface area contributed by atoms with Crippen LogP contribution < -0.4 is 5.73 Å². The number of halogens is 1. The van der Waals surface area contributed by atoms with Crippen molar-refractivity contribution >= 4 is 15.9 Å². The van der Waals surface area contributed by atoms with Gasteiger partial charge in [-0.25, -0.2) is 0 Å². The van der Waals surface area contributed by atoms with E-state index < -0.39 is 0 Å². The molecule has 0 spiro atoms. The molecule has 1 nitrogen and oxygen atoms in total. The van der Waals surface area contributed by atoms with Crippen molar-refractivity contribution < 1.29 is 17.1 Å². The van der Waals surface area contributed by atoms with Crippen LogP contribution >= 0.6 is 15.9 Å². The van der Waals surface area contributed by atoms with Gasteiger partial charge in [0.05, 0.1) is 0 Å². The largest absolute Gasteiger partial charge is 2.00 e. The number of nitrogens with two attached hydrogens (primary N) is 1. The summed E-state index contributed by atoms with van der Waals surface area (Å²) in [6, 6.07) is 0.476. The zero-order chi connectivity index (χ0) is 8.81. The molecule has 0 radical (unpaired) electrons. The van der Waals surface area contributed by atoms with Gasteiger partial charge in [-0.05, 0) is 19.3 Å². The first-order valence-corrected chi connectivity index (χ1v) is 6.10. The molecule has 15 heavy (non-hydrogen) atoms. The van der Waals surface area contributed by atoms with Crippen LogP contribution in [0.1, 0.15) is 51.4 Å². The average Bonchev–Trinajstić information content (AvgIpc) is 2.63. The Bertz CT molecular complexity index is 103. The van der Waals surface area contributed by atoms with Gasteiger partial charge < -0.3 is 20.6 Å². The molecule has 0 bridgehead atoms. The van der Waals surface area contributed by atoms with Crippen molar-refractivity contribution in [1.29, 1.82) is 0 Å². The van der Waals surface area contributed by atoms with E-state index in [-0.39, 0.29) is 31.9 Å². The maximum Gasteiger partial charge on any atom is 2.00 e. The predicted molar refractivity (Wildman–Crippen MR) is 70.5 cm³/mol.